The Morgan fingerprint density at radius 1 is 0.971 bits per heavy atom. The van der Waals surface area contributed by atoms with Gasteiger partial charge in [-0.2, -0.15) is 0 Å². The maximum Gasteiger partial charge on any atom is 0.231 e. The smallest absolute Gasteiger partial charge is 0.231 e. The molecule has 2 aliphatic heterocycles. The number of piperazine rings is 1. The molecule has 1 atom stereocenters. The lowest BCUT2D eigenvalue weighted by atomic mass is 9.82. The van der Waals surface area contributed by atoms with Crippen molar-refractivity contribution in [3.05, 3.63) is 88.6 Å². The lowest BCUT2D eigenvalue weighted by Gasteiger charge is -2.36. The molecule has 6 rings (SSSR count). The second-order valence-corrected chi connectivity index (χ2v) is 10.2. The summed E-state index contributed by atoms with van der Waals surface area (Å²) in [5.41, 5.74) is 3.94. The Balaban J connectivity index is 1.17. The summed E-state index contributed by atoms with van der Waals surface area (Å²) in [5.74, 6) is -1.36. The van der Waals surface area contributed by atoms with Crippen molar-refractivity contribution < 1.29 is 14.0 Å². The van der Waals surface area contributed by atoms with E-state index in [9.17, 15) is 14.0 Å². The average Bonchev–Trinajstić information content (AvgIpc) is 2.86. The van der Waals surface area contributed by atoms with Crippen molar-refractivity contribution in [2.24, 2.45) is 10.9 Å². The first kappa shape index (κ1) is 22.2. The predicted molar refractivity (Wildman–Crippen MR) is 137 cm³/mol. The van der Waals surface area contributed by atoms with Crippen LogP contribution in [0.1, 0.15) is 6.42 Å². The van der Waals surface area contributed by atoms with Gasteiger partial charge in [-0.3, -0.25) is 14.5 Å². The molecule has 0 amide bonds. The molecule has 0 saturated carbocycles. The van der Waals surface area contributed by atoms with Gasteiger partial charge in [0.15, 0.2) is 0 Å². The lowest BCUT2D eigenvalue weighted by Crippen LogP contribution is -2.47. The highest BCUT2D eigenvalue weighted by Crippen LogP contribution is 2.45. The minimum Gasteiger partial charge on any atom is -0.369 e. The highest BCUT2D eigenvalue weighted by atomic mass is 32.2. The second-order valence-electron chi connectivity index (χ2n) is 9.11. The van der Waals surface area contributed by atoms with Crippen molar-refractivity contribution in [2.45, 2.75) is 11.3 Å². The zero-order valence-electron chi connectivity index (χ0n) is 19.1. The van der Waals surface area contributed by atoms with E-state index >= 15 is 0 Å². The van der Waals surface area contributed by atoms with E-state index in [1.165, 1.54) is 23.9 Å². The molecule has 35 heavy (non-hydrogen) atoms. The van der Waals surface area contributed by atoms with Gasteiger partial charge in [-0.15, -0.1) is 0 Å². The molecule has 0 radical (unpaired) electrons. The number of Topliss-reactive ketones (excluding diaryl/α,β-unsaturated/α-hetero) is 2. The normalized spacial score (nSPS) is 21.9. The van der Waals surface area contributed by atoms with Gasteiger partial charge < -0.3 is 4.90 Å². The third-order valence-corrected chi connectivity index (χ3v) is 8.11. The first-order chi connectivity index (χ1) is 17.1. The molecule has 2 aliphatic carbocycles. The summed E-state index contributed by atoms with van der Waals surface area (Å²) >= 11 is 1.53. The summed E-state index contributed by atoms with van der Waals surface area (Å²) < 4.78 is 13.2. The fourth-order valence-electron chi connectivity index (χ4n) is 4.94. The summed E-state index contributed by atoms with van der Waals surface area (Å²) in [7, 11) is 0. The van der Waals surface area contributed by atoms with Gasteiger partial charge in [0.25, 0.3) is 0 Å². The van der Waals surface area contributed by atoms with Crippen LogP contribution in [0.2, 0.25) is 0 Å². The predicted octanol–water partition coefficient (Wildman–Crippen LogP) is 4.73. The van der Waals surface area contributed by atoms with E-state index in [-0.39, 0.29) is 11.6 Å². The van der Waals surface area contributed by atoms with Crippen molar-refractivity contribution in [3.63, 3.8) is 0 Å². The molecule has 5 nitrogen and oxygen atoms in total. The SMILES string of the molecule is O=C1C(=O)C(CCN2CCN(c3ccc(F)cc3)CC2)C=C2Sc3ccccc3N=C3C=CC3=C12. The lowest BCUT2D eigenvalue weighted by molar-refractivity contribution is -0.136. The van der Waals surface area contributed by atoms with Crippen molar-refractivity contribution in [1.29, 1.82) is 0 Å². The second kappa shape index (κ2) is 9.06. The maximum absolute atomic E-state index is 13.2. The van der Waals surface area contributed by atoms with Gasteiger partial charge in [0, 0.05) is 58.7 Å². The number of ketones is 2. The molecule has 0 N–H and O–H groups in total. The molecule has 1 fully saturated rings. The Hall–Kier alpha value is -3.29. The quantitative estimate of drug-likeness (QED) is 0.586. The van der Waals surface area contributed by atoms with Crippen molar-refractivity contribution >= 4 is 40.4 Å². The summed E-state index contributed by atoms with van der Waals surface area (Å²) in [6, 6.07) is 14.5. The monoisotopic (exact) mass is 485 g/mol. The van der Waals surface area contributed by atoms with E-state index in [4.69, 9.17) is 4.99 Å². The standard InChI is InChI=1S/C28H24FN3O2S/c29-19-5-7-20(8-6-19)32-15-13-31(14-16-32)12-11-18-17-25-26(28(34)27(18)33)21-9-10-22(21)30-23-3-1-2-4-24(23)35-25/h1-10,17-18H,11-16H2. The molecule has 0 bridgehead atoms. The van der Waals surface area contributed by atoms with Gasteiger partial charge >= 0.3 is 0 Å². The van der Waals surface area contributed by atoms with Crippen LogP contribution in [0.5, 0.6) is 0 Å². The van der Waals surface area contributed by atoms with Crippen LogP contribution in [0, 0.1) is 11.7 Å². The summed E-state index contributed by atoms with van der Waals surface area (Å²) in [5, 5.41) is 0. The van der Waals surface area contributed by atoms with Gasteiger partial charge in [-0.25, -0.2) is 9.38 Å². The van der Waals surface area contributed by atoms with Gasteiger partial charge in [0.1, 0.15) is 5.82 Å². The molecule has 2 heterocycles. The molecule has 0 spiro atoms. The van der Waals surface area contributed by atoms with E-state index in [0.29, 0.717) is 12.0 Å². The molecular formula is C28H24FN3O2S. The van der Waals surface area contributed by atoms with Crippen LogP contribution in [-0.2, 0) is 9.59 Å². The molecule has 4 aliphatic rings. The van der Waals surface area contributed by atoms with Crippen LogP contribution >= 0.6 is 11.8 Å². The summed E-state index contributed by atoms with van der Waals surface area (Å²) in [4.78, 5) is 37.4. The number of carbonyl (C=O) groups is 2. The molecule has 1 unspecified atom stereocenters. The Bertz CT molecular complexity index is 1330. The molecule has 0 aromatic heterocycles. The third-order valence-electron chi connectivity index (χ3n) is 6.99. The average molecular weight is 486 g/mol. The van der Waals surface area contributed by atoms with Crippen LogP contribution in [0.4, 0.5) is 15.8 Å². The van der Waals surface area contributed by atoms with Crippen LogP contribution in [0.15, 0.2) is 92.7 Å². The molecule has 2 aromatic rings. The third kappa shape index (κ3) is 4.19. The van der Waals surface area contributed by atoms with Crippen LogP contribution in [0.3, 0.4) is 0 Å². The number of para-hydroxylation sites is 1. The van der Waals surface area contributed by atoms with Gasteiger partial charge in [0.2, 0.25) is 11.6 Å². The number of hydrogen-bond donors (Lipinski definition) is 0. The Morgan fingerprint density at radius 3 is 2.49 bits per heavy atom. The Kier molecular flexibility index (Phi) is 5.74. The summed E-state index contributed by atoms with van der Waals surface area (Å²) in [6.45, 7) is 4.18. The molecule has 1 saturated heterocycles. The number of hydrogen-bond acceptors (Lipinski definition) is 6. The number of nitrogens with zero attached hydrogens (tertiary/aromatic N) is 3. The zero-order valence-corrected chi connectivity index (χ0v) is 19.9. The number of rotatable bonds is 4. The number of allylic oxidation sites excluding steroid dienone is 5. The first-order valence-corrected chi connectivity index (χ1v) is 12.7. The van der Waals surface area contributed by atoms with Gasteiger partial charge in [-0.1, -0.05) is 30.0 Å². The van der Waals surface area contributed by atoms with E-state index in [1.807, 2.05) is 54.6 Å². The fraction of sp³-hybridized carbons (Fsp3) is 0.250. The van der Waals surface area contributed by atoms with Crippen molar-refractivity contribution in [1.82, 2.24) is 4.90 Å². The minimum atomic E-state index is -0.416. The zero-order chi connectivity index (χ0) is 23.9. The van der Waals surface area contributed by atoms with Gasteiger partial charge in [0.05, 0.1) is 11.4 Å². The molecule has 2 aromatic carbocycles. The van der Waals surface area contributed by atoms with Crippen LogP contribution in [0.25, 0.3) is 0 Å². The van der Waals surface area contributed by atoms with Gasteiger partial charge in [-0.05, 0) is 61.5 Å². The first-order valence-electron chi connectivity index (χ1n) is 11.9. The van der Waals surface area contributed by atoms with E-state index in [2.05, 4.69) is 9.80 Å². The highest BCUT2D eigenvalue weighted by Gasteiger charge is 2.38. The topological polar surface area (TPSA) is 53.0 Å². The molecule has 7 heteroatoms. The van der Waals surface area contributed by atoms with E-state index in [1.54, 1.807) is 0 Å². The molecular weight excluding hydrogens is 461 g/mol. The number of benzene rings is 2. The fourth-order valence-corrected chi connectivity index (χ4v) is 6.08. The number of anilines is 1. The number of carbonyl (C=O) groups excluding carboxylic acids is 2. The van der Waals surface area contributed by atoms with Crippen molar-refractivity contribution in [2.75, 3.05) is 37.6 Å². The Morgan fingerprint density at radius 2 is 1.74 bits per heavy atom. The Labute approximate surface area is 207 Å². The maximum atomic E-state index is 13.2. The highest BCUT2D eigenvalue weighted by molar-refractivity contribution is 8.03. The minimum absolute atomic E-state index is 0.227. The van der Waals surface area contributed by atoms with E-state index in [0.717, 1.165) is 65.2 Å². The largest absolute Gasteiger partial charge is 0.369 e. The number of halogens is 1. The molecule has 176 valence electrons. The van der Waals surface area contributed by atoms with Crippen molar-refractivity contribution in [3.8, 4) is 0 Å². The number of fused-ring (bicyclic) bond motifs is 3. The number of aliphatic imine (C=N–C) groups is 1. The summed E-state index contributed by atoms with van der Waals surface area (Å²) in [6.07, 6.45) is 6.38. The van der Waals surface area contributed by atoms with Crippen LogP contribution in [-0.4, -0.2) is 54.9 Å². The van der Waals surface area contributed by atoms with E-state index < -0.39 is 11.7 Å². The van der Waals surface area contributed by atoms with Crippen LogP contribution < -0.4 is 4.90 Å². The number of thioether (sulfide) groups is 1.